The minimum atomic E-state index is -1.09. The number of hydrogen-bond acceptors (Lipinski definition) is 2. The third-order valence-corrected chi connectivity index (χ3v) is 2.02. The maximum Gasteiger partial charge on any atom is 0.328 e. The van der Waals surface area contributed by atoms with Crippen molar-refractivity contribution in [1.29, 1.82) is 0 Å². The van der Waals surface area contributed by atoms with Crippen LogP contribution in [0.4, 0.5) is 0 Å². The molecule has 0 aromatic carbocycles. The quantitative estimate of drug-likeness (QED) is 0.722. The van der Waals surface area contributed by atoms with Crippen LogP contribution < -0.4 is 0 Å². The van der Waals surface area contributed by atoms with Crippen LogP contribution in [0.2, 0.25) is 0 Å². The van der Waals surface area contributed by atoms with E-state index >= 15 is 0 Å². The summed E-state index contributed by atoms with van der Waals surface area (Å²) in [6.45, 7) is 9.16. The van der Waals surface area contributed by atoms with Gasteiger partial charge in [0, 0.05) is 23.7 Å². The van der Waals surface area contributed by atoms with Crippen molar-refractivity contribution in [2.24, 2.45) is 0 Å². The van der Waals surface area contributed by atoms with Crippen LogP contribution in [-0.4, -0.2) is 34.0 Å². The molecule has 1 N–H and O–H groups in total. The van der Waals surface area contributed by atoms with E-state index in [0.29, 0.717) is 0 Å². The monoisotopic (exact) mass is 213 g/mol. The Morgan fingerprint density at radius 1 is 1.13 bits per heavy atom. The predicted octanol–water partition coefficient (Wildman–Crippen LogP) is 1.66. The summed E-state index contributed by atoms with van der Waals surface area (Å²) >= 11 is 0. The molecular weight excluding hydrogens is 194 g/mol. The average Bonchev–Trinajstić information content (AvgIpc) is 2.00. The summed E-state index contributed by atoms with van der Waals surface area (Å²) in [7, 11) is 0. The molecule has 4 heteroatoms. The smallest absolute Gasteiger partial charge is 0.328 e. The summed E-state index contributed by atoms with van der Waals surface area (Å²) in [5, 5.41) is 8.54. The zero-order chi connectivity index (χ0) is 12.2. The minimum absolute atomic E-state index is 0.0645. The molecule has 15 heavy (non-hydrogen) atoms. The zero-order valence-electron chi connectivity index (χ0n) is 9.94. The summed E-state index contributed by atoms with van der Waals surface area (Å²) in [6, 6.07) is 0.129. The molecule has 0 atom stereocenters. The number of amides is 1. The van der Waals surface area contributed by atoms with E-state index in [1.807, 2.05) is 27.7 Å². The van der Waals surface area contributed by atoms with Crippen molar-refractivity contribution in [3.05, 3.63) is 11.6 Å². The Labute approximate surface area is 90.6 Å². The Kier molecular flexibility index (Phi) is 5.05. The van der Waals surface area contributed by atoms with Crippen LogP contribution in [0.25, 0.3) is 0 Å². The first kappa shape index (κ1) is 13.7. The van der Waals surface area contributed by atoms with Gasteiger partial charge in [-0.05, 0) is 34.6 Å². The maximum absolute atomic E-state index is 11.9. The summed E-state index contributed by atoms with van der Waals surface area (Å²) < 4.78 is 0. The van der Waals surface area contributed by atoms with Gasteiger partial charge in [-0.3, -0.25) is 4.79 Å². The topological polar surface area (TPSA) is 57.6 Å². The summed E-state index contributed by atoms with van der Waals surface area (Å²) in [5.74, 6) is -1.31. The fourth-order valence-electron chi connectivity index (χ4n) is 1.52. The molecule has 4 nitrogen and oxygen atoms in total. The maximum atomic E-state index is 11.9. The van der Waals surface area contributed by atoms with Gasteiger partial charge in [0.05, 0.1) is 0 Å². The van der Waals surface area contributed by atoms with Gasteiger partial charge in [-0.1, -0.05) is 0 Å². The van der Waals surface area contributed by atoms with Crippen molar-refractivity contribution < 1.29 is 14.7 Å². The van der Waals surface area contributed by atoms with E-state index in [4.69, 9.17) is 5.11 Å². The molecule has 0 aliphatic heterocycles. The molecule has 1 amide bonds. The van der Waals surface area contributed by atoms with Crippen molar-refractivity contribution in [2.45, 2.75) is 46.7 Å². The second-order valence-electron chi connectivity index (χ2n) is 4.07. The Morgan fingerprint density at radius 2 is 1.53 bits per heavy atom. The first-order valence-corrected chi connectivity index (χ1v) is 5.01. The van der Waals surface area contributed by atoms with Crippen LogP contribution in [0.3, 0.4) is 0 Å². The number of nitrogens with zero attached hydrogens (tertiary/aromatic N) is 1. The average molecular weight is 213 g/mol. The van der Waals surface area contributed by atoms with Gasteiger partial charge in [-0.15, -0.1) is 0 Å². The van der Waals surface area contributed by atoms with Crippen molar-refractivity contribution in [3.8, 4) is 0 Å². The Morgan fingerprint density at radius 3 is 1.80 bits per heavy atom. The van der Waals surface area contributed by atoms with Crippen LogP contribution in [-0.2, 0) is 9.59 Å². The second-order valence-corrected chi connectivity index (χ2v) is 4.07. The third-order valence-electron chi connectivity index (χ3n) is 2.02. The van der Waals surface area contributed by atoms with E-state index in [2.05, 4.69) is 0 Å². The number of carboxylic acid groups (broad SMARTS) is 1. The molecule has 0 aliphatic carbocycles. The van der Waals surface area contributed by atoms with Gasteiger partial charge < -0.3 is 10.0 Å². The number of aliphatic carboxylic acids is 1. The number of carbonyl (C=O) groups is 2. The Hall–Kier alpha value is -1.32. The summed E-state index contributed by atoms with van der Waals surface area (Å²) in [4.78, 5) is 23.9. The Bertz CT molecular complexity index is 272. The van der Waals surface area contributed by atoms with Gasteiger partial charge in [0.1, 0.15) is 0 Å². The van der Waals surface area contributed by atoms with Crippen molar-refractivity contribution >= 4 is 11.9 Å². The largest absolute Gasteiger partial charge is 0.478 e. The summed E-state index contributed by atoms with van der Waals surface area (Å²) in [5.41, 5.74) is 0.255. The molecule has 0 radical (unpaired) electrons. The molecule has 0 aliphatic rings. The standard InChI is InChI=1S/C11H19NO3/c1-7(2)12(8(3)4)11(15)9(5)6-10(13)14/h6-8H,1-5H3,(H,13,14)/b9-6-. The zero-order valence-corrected chi connectivity index (χ0v) is 9.94. The van der Waals surface area contributed by atoms with Crippen molar-refractivity contribution in [1.82, 2.24) is 4.90 Å². The van der Waals surface area contributed by atoms with Crippen LogP contribution >= 0.6 is 0 Å². The van der Waals surface area contributed by atoms with Gasteiger partial charge in [-0.2, -0.15) is 0 Å². The van der Waals surface area contributed by atoms with Gasteiger partial charge in [-0.25, -0.2) is 4.79 Å². The number of rotatable bonds is 4. The van der Waals surface area contributed by atoms with Crippen molar-refractivity contribution in [3.63, 3.8) is 0 Å². The molecule has 0 spiro atoms. The van der Waals surface area contributed by atoms with E-state index in [9.17, 15) is 9.59 Å². The fourth-order valence-corrected chi connectivity index (χ4v) is 1.52. The summed E-state index contributed by atoms with van der Waals surface area (Å²) in [6.07, 6.45) is 0.945. The highest BCUT2D eigenvalue weighted by Crippen LogP contribution is 2.10. The van der Waals surface area contributed by atoms with Gasteiger partial charge in [0.15, 0.2) is 0 Å². The lowest BCUT2D eigenvalue weighted by atomic mass is 10.1. The molecule has 0 unspecified atom stereocenters. The Balaban J connectivity index is 4.88. The van der Waals surface area contributed by atoms with Crippen LogP contribution in [0, 0.1) is 0 Å². The number of carbonyl (C=O) groups excluding carboxylic acids is 1. The molecule has 0 saturated heterocycles. The third kappa shape index (κ3) is 4.14. The number of hydrogen-bond donors (Lipinski definition) is 1. The first-order valence-electron chi connectivity index (χ1n) is 5.01. The lowest BCUT2D eigenvalue weighted by molar-refractivity contribution is -0.133. The second kappa shape index (κ2) is 5.53. The van der Waals surface area contributed by atoms with Crippen LogP contribution in [0.15, 0.2) is 11.6 Å². The molecule has 0 rings (SSSR count). The first-order chi connectivity index (χ1) is 6.77. The van der Waals surface area contributed by atoms with E-state index < -0.39 is 5.97 Å². The van der Waals surface area contributed by atoms with E-state index in [1.54, 1.807) is 4.90 Å². The molecule has 0 saturated carbocycles. The SMILES string of the molecule is C/C(=C/C(=O)O)C(=O)N(C(C)C)C(C)C. The number of carboxylic acids is 1. The highest BCUT2D eigenvalue weighted by molar-refractivity contribution is 5.98. The predicted molar refractivity (Wildman–Crippen MR) is 58.5 cm³/mol. The van der Waals surface area contributed by atoms with Crippen molar-refractivity contribution in [2.75, 3.05) is 0 Å². The normalized spacial score (nSPS) is 12.1. The van der Waals surface area contributed by atoms with Crippen LogP contribution in [0.1, 0.15) is 34.6 Å². The van der Waals surface area contributed by atoms with E-state index in [1.165, 1.54) is 6.92 Å². The lowest BCUT2D eigenvalue weighted by Gasteiger charge is -2.31. The van der Waals surface area contributed by atoms with E-state index in [0.717, 1.165) is 6.08 Å². The van der Waals surface area contributed by atoms with Gasteiger partial charge in [0.2, 0.25) is 5.91 Å². The molecular formula is C11H19NO3. The van der Waals surface area contributed by atoms with Crippen LogP contribution in [0.5, 0.6) is 0 Å². The van der Waals surface area contributed by atoms with Gasteiger partial charge in [0.25, 0.3) is 0 Å². The molecule has 0 heterocycles. The molecule has 0 aromatic rings. The molecule has 0 fully saturated rings. The fraction of sp³-hybridized carbons (Fsp3) is 0.636. The molecule has 0 bridgehead atoms. The van der Waals surface area contributed by atoms with E-state index in [-0.39, 0.29) is 23.6 Å². The minimum Gasteiger partial charge on any atom is -0.478 e. The molecule has 86 valence electrons. The molecule has 0 aromatic heterocycles. The highest BCUT2D eigenvalue weighted by atomic mass is 16.4. The van der Waals surface area contributed by atoms with Gasteiger partial charge >= 0.3 is 5.97 Å². The highest BCUT2D eigenvalue weighted by Gasteiger charge is 2.21. The lowest BCUT2D eigenvalue weighted by Crippen LogP contribution is -2.42.